The Bertz CT molecular complexity index is 726. The van der Waals surface area contributed by atoms with Crippen LogP contribution >= 0.6 is 24.0 Å². The van der Waals surface area contributed by atoms with E-state index in [2.05, 4.69) is 32.4 Å². The van der Waals surface area contributed by atoms with Crippen LogP contribution < -0.4 is 15.5 Å². The van der Waals surface area contributed by atoms with E-state index in [-0.39, 0.29) is 24.0 Å². The second-order valence-electron chi connectivity index (χ2n) is 9.11. The fourth-order valence-corrected chi connectivity index (χ4v) is 6.27. The van der Waals surface area contributed by atoms with E-state index in [9.17, 15) is 0 Å². The van der Waals surface area contributed by atoms with E-state index in [1.54, 1.807) is 0 Å². The first kappa shape index (κ1) is 22.0. The second-order valence-corrected chi connectivity index (χ2v) is 9.11. The summed E-state index contributed by atoms with van der Waals surface area (Å²) in [5.41, 5.74) is 0.341. The van der Waals surface area contributed by atoms with Crippen molar-refractivity contribution in [2.45, 2.75) is 70.1 Å². The first-order chi connectivity index (χ1) is 14.3. The van der Waals surface area contributed by atoms with Crippen molar-refractivity contribution in [2.75, 3.05) is 31.1 Å². The molecule has 30 heavy (non-hydrogen) atoms. The molecule has 0 radical (unpaired) electrons. The fraction of sp³-hybridized carbons (Fsp3) is 0.773. The fourth-order valence-electron chi connectivity index (χ4n) is 6.27. The molecule has 1 aromatic rings. The Morgan fingerprint density at radius 2 is 2.00 bits per heavy atom. The number of fused-ring (bicyclic) bond motifs is 2. The van der Waals surface area contributed by atoms with Gasteiger partial charge in [-0.1, -0.05) is 12.8 Å². The van der Waals surface area contributed by atoms with Crippen LogP contribution in [0.2, 0.25) is 0 Å². The molecule has 0 bridgehead atoms. The van der Waals surface area contributed by atoms with Crippen molar-refractivity contribution in [3.05, 3.63) is 18.5 Å². The predicted octanol–water partition coefficient (Wildman–Crippen LogP) is 2.97. The lowest BCUT2D eigenvalue weighted by Gasteiger charge is -2.57. The van der Waals surface area contributed by atoms with E-state index < -0.39 is 0 Å². The third-order valence-electron chi connectivity index (χ3n) is 7.49. The largest absolute Gasteiger partial charge is 0.377 e. The maximum absolute atomic E-state index is 6.15. The van der Waals surface area contributed by atoms with Gasteiger partial charge in [-0.15, -0.1) is 24.0 Å². The summed E-state index contributed by atoms with van der Waals surface area (Å²) in [5, 5.41) is 7.61. The minimum Gasteiger partial charge on any atom is -0.377 e. The number of halogens is 1. The zero-order chi connectivity index (χ0) is 19.7. The smallest absolute Gasteiger partial charge is 0.225 e. The third kappa shape index (κ3) is 4.01. The van der Waals surface area contributed by atoms with Gasteiger partial charge in [0, 0.05) is 62.1 Å². The molecule has 8 heteroatoms. The highest BCUT2D eigenvalue weighted by molar-refractivity contribution is 14.0. The van der Waals surface area contributed by atoms with Gasteiger partial charge in [0.15, 0.2) is 5.96 Å². The van der Waals surface area contributed by atoms with Gasteiger partial charge in [0.1, 0.15) is 0 Å². The van der Waals surface area contributed by atoms with Gasteiger partial charge < -0.3 is 20.3 Å². The number of hydrogen-bond donors (Lipinski definition) is 2. The highest BCUT2D eigenvalue weighted by Gasteiger charge is 2.65. The Morgan fingerprint density at radius 1 is 1.20 bits per heavy atom. The van der Waals surface area contributed by atoms with Crippen molar-refractivity contribution in [2.24, 2.45) is 16.3 Å². The lowest BCUT2D eigenvalue weighted by molar-refractivity contribution is -0.125. The molecule has 4 fully saturated rings. The molecule has 166 valence electrons. The Hall–Kier alpha value is -1.16. The first-order valence-corrected chi connectivity index (χ1v) is 11.5. The molecule has 4 atom stereocenters. The molecule has 2 aliphatic heterocycles. The molecular formula is C22H35IN6O. The molecular weight excluding hydrogens is 491 g/mol. The van der Waals surface area contributed by atoms with E-state index >= 15 is 0 Å². The normalized spacial score (nSPS) is 32.3. The summed E-state index contributed by atoms with van der Waals surface area (Å²) < 4.78 is 6.15. The molecule has 4 aliphatic rings. The minimum atomic E-state index is 0. The summed E-state index contributed by atoms with van der Waals surface area (Å²) in [6, 6.07) is 2.74. The van der Waals surface area contributed by atoms with Gasteiger partial charge in [0.2, 0.25) is 5.95 Å². The number of aliphatic imine (C=N–C) groups is 1. The minimum absolute atomic E-state index is 0. The third-order valence-corrected chi connectivity index (χ3v) is 7.49. The lowest BCUT2D eigenvalue weighted by Crippen LogP contribution is -2.70. The van der Waals surface area contributed by atoms with Crippen molar-refractivity contribution < 1.29 is 4.74 Å². The number of rotatable bonds is 4. The summed E-state index contributed by atoms with van der Waals surface area (Å²) in [6.45, 7) is 5.76. The Labute approximate surface area is 196 Å². The molecule has 2 aliphatic carbocycles. The maximum Gasteiger partial charge on any atom is 0.225 e. The number of anilines is 1. The van der Waals surface area contributed by atoms with E-state index in [1.807, 2.05) is 18.5 Å². The quantitative estimate of drug-likeness (QED) is 0.357. The molecule has 2 N–H and O–H groups in total. The molecule has 3 heterocycles. The number of guanidine groups is 1. The molecule has 0 aromatic carbocycles. The van der Waals surface area contributed by atoms with Crippen LogP contribution in [-0.4, -0.2) is 60.4 Å². The molecule has 2 saturated heterocycles. The highest BCUT2D eigenvalue weighted by atomic mass is 127. The second kappa shape index (κ2) is 9.54. The maximum atomic E-state index is 6.15. The average molecular weight is 526 g/mol. The molecule has 5 rings (SSSR count). The SMILES string of the molecule is CCN=C(NC1CCCN(c2ncccn2)C1)NC1C2CCOC2C12CCCC2.I. The van der Waals surface area contributed by atoms with Gasteiger partial charge in [-0.2, -0.15) is 0 Å². The number of ether oxygens (including phenoxy) is 1. The molecule has 1 aromatic heterocycles. The van der Waals surface area contributed by atoms with E-state index in [1.165, 1.54) is 32.1 Å². The van der Waals surface area contributed by atoms with Crippen molar-refractivity contribution >= 4 is 35.9 Å². The van der Waals surface area contributed by atoms with Crippen LogP contribution in [0.4, 0.5) is 5.95 Å². The Kier molecular flexibility index (Phi) is 7.01. The summed E-state index contributed by atoms with van der Waals surface area (Å²) in [5.74, 6) is 2.46. The van der Waals surface area contributed by atoms with Crippen molar-refractivity contribution in [3.8, 4) is 0 Å². The van der Waals surface area contributed by atoms with Crippen LogP contribution in [0, 0.1) is 11.3 Å². The number of aromatic nitrogens is 2. The average Bonchev–Trinajstić information content (AvgIpc) is 3.42. The summed E-state index contributed by atoms with van der Waals surface area (Å²) in [4.78, 5) is 16.0. The van der Waals surface area contributed by atoms with Crippen LogP contribution in [0.5, 0.6) is 0 Å². The van der Waals surface area contributed by atoms with Gasteiger partial charge in [-0.3, -0.25) is 4.99 Å². The Morgan fingerprint density at radius 3 is 2.77 bits per heavy atom. The topological polar surface area (TPSA) is 74.7 Å². The summed E-state index contributed by atoms with van der Waals surface area (Å²) >= 11 is 0. The Balaban J connectivity index is 0.00000218. The van der Waals surface area contributed by atoms with Gasteiger partial charge >= 0.3 is 0 Å². The van der Waals surface area contributed by atoms with Gasteiger partial charge in [-0.25, -0.2) is 9.97 Å². The van der Waals surface area contributed by atoms with E-state index in [0.717, 1.165) is 51.0 Å². The molecule has 0 amide bonds. The summed E-state index contributed by atoms with van der Waals surface area (Å²) in [7, 11) is 0. The van der Waals surface area contributed by atoms with Gasteiger partial charge in [0.25, 0.3) is 0 Å². The van der Waals surface area contributed by atoms with Crippen LogP contribution in [0.3, 0.4) is 0 Å². The van der Waals surface area contributed by atoms with Gasteiger partial charge in [-0.05, 0) is 45.1 Å². The number of hydrogen-bond acceptors (Lipinski definition) is 5. The molecule has 2 saturated carbocycles. The zero-order valence-electron chi connectivity index (χ0n) is 17.9. The molecule has 1 spiro atoms. The monoisotopic (exact) mass is 526 g/mol. The highest BCUT2D eigenvalue weighted by Crippen LogP contribution is 2.60. The molecule has 7 nitrogen and oxygen atoms in total. The van der Waals surface area contributed by atoms with Crippen LogP contribution in [0.25, 0.3) is 0 Å². The van der Waals surface area contributed by atoms with Crippen molar-refractivity contribution in [3.63, 3.8) is 0 Å². The zero-order valence-corrected chi connectivity index (χ0v) is 20.3. The standard InChI is InChI=1S/C22H34N6O.HI/c1-2-23-20(26-16-7-5-13-28(15-16)21-24-11-6-12-25-21)27-18-17-8-14-29-19(17)22(18)9-3-4-10-22;/h6,11-12,16-19H,2-5,7-10,13-15H2,1H3,(H2,23,26,27);1H. The van der Waals surface area contributed by atoms with Crippen LogP contribution in [0.15, 0.2) is 23.5 Å². The lowest BCUT2D eigenvalue weighted by atomic mass is 9.54. The van der Waals surface area contributed by atoms with E-state index in [0.29, 0.717) is 29.5 Å². The van der Waals surface area contributed by atoms with Crippen LogP contribution in [-0.2, 0) is 4.74 Å². The first-order valence-electron chi connectivity index (χ1n) is 11.5. The van der Waals surface area contributed by atoms with E-state index in [4.69, 9.17) is 9.73 Å². The van der Waals surface area contributed by atoms with Crippen molar-refractivity contribution in [1.29, 1.82) is 0 Å². The number of piperidine rings is 1. The van der Waals surface area contributed by atoms with Crippen LogP contribution in [0.1, 0.15) is 51.9 Å². The van der Waals surface area contributed by atoms with Crippen molar-refractivity contribution in [1.82, 2.24) is 20.6 Å². The van der Waals surface area contributed by atoms with Gasteiger partial charge in [0.05, 0.1) is 6.10 Å². The summed E-state index contributed by atoms with van der Waals surface area (Å²) in [6.07, 6.45) is 12.9. The number of nitrogens with zero attached hydrogens (tertiary/aromatic N) is 4. The predicted molar refractivity (Wildman–Crippen MR) is 129 cm³/mol. The molecule has 4 unspecified atom stereocenters. The number of nitrogens with one attached hydrogen (secondary N) is 2.